The lowest BCUT2D eigenvalue weighted by molar-refractivity contribution is 0.745. The maximum atomic E-state index is 5.96. The Balaban J connectivity index is 2.01. The van der Waals surface area contributed by atoms with Gasteiger partial charge in [-0.15, -0.1) is 10.2 Å². The molecule has 2 unspecified atom stereocenters. The van der Waals surface area contributed by atoms with Crippen LogP contribution < -0.4 is 5.32 Å². The van der Waals surface area contributed by atoms with Crippen LogP contribution in [0.15, 0.2) is 0 Å². The molecule has 0 aromatic carbocycles. The maximum Gasteiger partial charge on any atom is 0.155 e. The Hall–Kier alpha value is -0.480. The molecule has 0 amide bonds. The largest absolute Gasteiger partial charge is 0.366 e. The molecule has 0 spiro atoms. The lowest BCUT2D eigenvalue weighted by Gasteiger charge is -2.16. The fourth-order valence-electron chi connectivity index (χ4n) is 2.36. The zero-order valence-corrected chi connectivity index (χ0v) is 12.7. The quantitative estimate of drug-likeness (QED) is 0.912. The minimum absolute atomic E-state index is 0.504. The van der Waals surface area contributed by atoms with Crippen molar-refractivity contribution in [3.05, 3.63) is 16.3 Å². The molecule has 2 atom stereocenters. The molecule has 100 valence electrons. The second-order valence-corrected chi connectivity index (χ2v) is 6.76. The van der Waals surface area contributed by atoms with Gasteiger partial charge in [-0.05, 0) is 50.0 Å². The highest BCUT2D eigenvalue weighted by Crippen LogP contribution is 2.32. The van der Waals surface area contributed by atoms with Crippen molar-refractivity contribution in [3.8, 4) is 0 Å². The summed E-state index contributed by atoms with van der Waals surface area (Å²) in [5.41, 5.74) is 2.13. The van der Waals surface area contributed by atoms with Crippen LogP contribution >= 0.6 is 23.4 Å². The van der Waals surface area contributed by atoms with Gasteiger partial charge in [0.15, 0.2) is 11.0 Å². The fourth-order valence-corrected chi connectivity index (χ4v) is 3.69. The van der Waals surface area contributed by atoms with E-state index in [-0.39, 0.29) is 0 Å². The smallest absolute Gasteiger partial charge is 0.155 e. The highest BCUT2D eigenvalue weighted by atomic mass is 35.5. The molecule has 0 saturated heterocycles. The van der Waals surface area contributed by atoms with Crippen LogP contribution in [0, 0.1) is 13.8 Å². The standard InChI is InChI=1S/C13H20ClN3S/c1-4-18-11-6-5-10(7-11)15-13-9(3)8(2)12(14)16-17-13/h10-11H,4-7H2,1-3H3,(H,15,17). The first-order chi connectivity index (χ1) is 8.61. The number of aromatic nitrogens is 2. The molecule has 3 nitrogen and oxygen atoms in total. The van der Waals surface area contributed by atoms with Gasteiger partial charge in [0, 0.05) is 11.3 Å². The number of hydrogen-bond donors (Lipinski definition) is 1. The van der Waals surface area contributed by atoms with Gasteiger partial charge in [0.2, 0.25) is 0 Å². The van der Waals surface area contributed by atoms with E-state index >= 15 is 0 Å². The average molecular weight is 286 g/mol. The Bertz CT molecular complexity index is 425. The molecule has 1 fully saturated rings. The van der Waals surface area contributed by atoms with Crippen molar-refractivity contribution in [1.29, 1.82) is 0 Å². The SMILES string of the molecule is CCSC1CCC(Nc2nnc(Cl)c(C)c2C)C1. The van der Waals surface area contributed by atoms with Gasteiger partial charge in [0.25, 0.3) is 0 Å². The third-order valence-corrected chi connectivity index (χ3v) is 5.18. The van der Waals surface area contributed by atoms with Crippen molar-refractivity contribution in [2.75, 3.05) is 11.1 Å². The van der Waals surface area contributed by atoms with Crippen LogP contribution in [-0.4, -0.2) is 27.2 Å². The maximum absolute atomic E-state index is 5.96. The van der Waals surface area contributed by atoms with E-state index in [2.05, 4.69) is 34.2 Å². The second kappa shape index (κ2) is 6.11. The number of nitrogens with zero attached hydrogens (tertiary/aromatic N) is 2. The molecule has 0 bridgehead atoms. The Morgan fingerprint density at radius 1 is 1.28 bits per heavy atom. The minimum atomic E-state index is 0.504. The molecule has 1 heterocycles. The first-order valence-electron chi connectivity index (χ1n) is 6.49. The molecule has 0 aliphatic heterocycles. The molecule has 1 aromatic heterocycles. The summed E-state index contributed by atoms with van der Waals surface area (Å²) in [5, 5.41) is 13.0. The predicted molar refractivity (Wildman–Crippen MR) is 79.7 cm³/mol. The van der Waals surface area contributed by atoms with Crippen molar-refractivity contribution in [2.24, 2.45) is 0 Å². The van der Waals surface area contributed by atoms with Crippen LogP contribution in [0.4, 0.5) is 5.82 Å². The van der Waals surface area contributed by atoms with Crippen molar-refractivity contribution in [3.63, 3.8) is 0 Å². The van der Waals surface area contributed by atoms with E-state index in [4.69, 9.17) is 11.6 Å². The number of halogens is 1. The zero-order valence-electron chi connectivity index (χ0n) is 11.2. The van der Waals surface area contributed by atoms with Crippen LogP contribution in [0.3, 0.4) is 0 Å². The van der Waals surface area contributed by atoms with Gasteiger partial charge in [-0.2, -0.15) is 11.8 Å². The number of rotatable bonds is 4. The van der Waals surface area contributed by atoms with Crippen LogP contribution in [0.1, 0.15) is 37.3 Å². The first-order valence-corrected chi connectivity index (χ1v) is 7.92. The Labute approximate surface area is 118 Å². The van der Waals surface area contributed by atoms with E-state index in [0.29, 0.717) is 11.2 Å². The molecule has 1 aliphatic rings. The van der Waals surface area contributed by atoms with E-state index in [9.17, 15) is 0 Å². The third-order valence-electron chi connectivity index (χ3n) is 3.59. The van der Waals surface area contributed by atoms with Gasteiger partial charge in [-0.3, -0.25) is 0 Å². The summed E-state index contributed by atoms with van der Waals surface area (Å²) in [7, 11) is 0. The molecule has 1 aromatic rings. The molecule has 1 saturated carbocycles. The van der Waals surface area contributed by atoms with Gasteiger partial charge in [-0.25, -0.2) is 0 Å². The van der Waals surface area contributed by atoms with E-state index in [1.807, 2.05) is 13.8 Å². The van der Waals surface area contributed by atoms with Crippen LogP contribution in [0.2, 0.25) is 5.15 Å². The minimum Gasteiger partial charge on any atom is -0.366 e. The van der Waals surface area contributed by atoms with E-state index in [1.54, 1.807) is 0 Å². The molecule has 1 N–H and O–H groups in total. The van der Waals surface area contributed by atoms with Gasteiger partial charge in [-0.1, -0.05) is 18.5 Å². The van der Waals surface area contributed by atoms with Crippen LogP contribution in [0.25, 0.3) is 0 Å². The highest BCUT2D eigenvalue weighted by molar-refractivity contribution is 7.99. The van der Waals surface area contributed by atoms with Gasteiger partial charge >= 0.3 is 0 Å². The zero-order chi connectivity index (χ0) is 13.1. The predicted octanol–water partition coefficient (Wildman–Crippen LogP) is 3.83. The summed E-state index contributed by atoms with van der Waals surface area (Å²) in [5.74, 6) is 2.10. The first kappa shape index (κ1) is 13.9. The lowest BCUT2D eigenvalue weighted by Crippen LogP contribution is -2.18. The van der Waals surface area contributed by atoms with Crippen LogP contribution in [0.5, 0.6) is 0 Å². The Morgan fingerprint density at radius 2 is 2.06 bits per heavy atom. The topological polar surface area (TPSA) is 37.8 Å². The van der Waals surface area contributed by atoms with Crippen molar-refractivity contribution in [1.82, 2.24) is 10.2 Å². The Kier molecular flexibility index (Phi) is 4.73. The summed E-state index contributed by atoms with van der Waals surface area (Å²) in [6, 6.07) is 0.530. The number of thioether (sulfide) groups is 1. The molecular weight excluding hydrogens is 266 g/mol. The molecule has 1 aliphatic carbocycles. The number of nitrogens with one attached hydrogen (secondary N) is 1. The second-order valence-electron chi connectivity index (χ2n) is 4.82. The van der Waals surface area contributed by atoms with Gasteiger partial charge in [0.05, 0.1) is 0 Å². The van der Waals surface area contributed by atoms with E-state index in [0.717, 1.165) is 22.2 Å². The summed E-state index contributed by atoms with van der Waals surface area (Å²) < 4.78 is 0. The summed E-state index contributed by atoms with van der Waals surface area (Å²) >= 11 is 8.03. The van der Waals surface area contributed by atoms with E-state index < -0.39 is 0 Å². The number of hydrogen-bond acceptors (Lipinski definition) is 4. The fraction of sp³-hybridized carbons (Fsp3) is 0.692. The van der Waals surface area contributed by atoms with Gasteiger partial charge in [0.1, 0.15) is 0 Å². The average Bonchev–Trinajstić information content (AvgIpc) is 2.78. The van der Waals surface area contributed by atoms with Crippen LogP contribution in [-0.2, 0) is 0 Å². The Morgan fingerprint density at radius 3 is 2.78 bits per heavy atom. The number of anilines is 1. The van der Waals surface area contributed by atoms with E-state index in [1.165, 1.54) is 25.0 Å². The highest BCUT2D eigenvalue weighted by Gasteiger charge is 2.25. The molecule has 0 radical (unpaired) electrons. The molecule has 18 heavy (non-hydrogen) atoms. The monoisotopic (exact) mass is 285 g/mol. The van der Waals surface area contributed by atoms with Crippen molar-refractivity contribution in [2.45, 2.75) is 51.3 Å². The van der Waals surface area contributed by atoms with Crippen molar-refractivity contribution < 1.29 is 0 Å². The normalized spacial score (nSPS) is 23.3. The summed E-state index contributed by atoms with van der Waals surface area (Å²) in [6.07, 6.45) is 3.75. The summed E-state index contributed by atoms with van der Waals surface area (Å²) in [6.45, 7) is 6.26. The van der Waals surface area contributed by atoms with Crippen molar-refractivity contribution >= 4 is 29.2 Å². The molecule has 2 rings (SSSR count). The molecular formula is C13H20ClN3S. The van der Waals surface area contributed by atoms with Gasteiger partial charge < -0.3 is 5.32 Å². The third kappa shape index (κ3) is 3.09. The molecule has 5 heteroatoms. The summed E-state index contributed by atoms with van der Waals surface area (Å²) in [4.78, 5) is 0. The lowest BCUT2D eigenvalue weighted by atomic mass is 10.2.